The van der Waals surface area contributed by atoms with E-state index in [4.69, 9.17) is 11.6 Å². The van der Waals surface area contributed by atoms with Crippen molar-refractivity contribution in [2.75, 3.05) is 0 Å². The number of nitrogens with one attached hydrogen (secondary N) is 1. The Hall–Kier alpha value is -1.73. The van der Waals surface area contributed by atoms with Crippen molar-refractivity contribution in [2.24, 2.45) is 5.92 Å². The van der Waals surface area contributed by atoms with Crippen molar-refractivity contribution in [3.8, 4) is 0 Å². The van der Waals surface area contributed by atoms with Gasteiger partial charge in [0, 0.05) is 12.1 Å². The smallest absolute Gasteiger partial charge is 0.362 e. The molecule has 0 radical (unpaired) electrons. The minimum Gasteiger partial charge on any atom is -0.362 e. The van der Waals surface area contributed by atoms with E-state index in [1.165, 1.54) is 24.3 Å². The number of carbonyl (C=O) groups excluding carboxylic acids is 1. The summed E-state index contributed by atoms with van der Waals surface area (Å²) in [6.45, 7) is 3.56. The number of benzene rings is 1. The van der Waals surface area contributed by atoms with E-state index >= 15 is 0 Å². The first kappa shape index (κ1) is 17.6. The Morgan fingerprint density at radius 2 is 2.04 bits per heavy atom. The van der Waals surface area contributed by atoms with E-state index in [-0.39, 0.29) is 27.2 Å². The van der Waals surface area contributed by atoms with Gasteiger partial charge in [0.05, 0.1) is 10.6 Å². The molecule has 1 saturated heterocycles. The molecule has 0 aliphatic carbocycles. The van der Waals surface area contributed by atoms with Crippen LogP contribution >= 0.6 is 11.6 Å². The monoisotopic (exact) mass is 348 g/mol. The number of amides is 1. The van der Waals surface area contributed by atoms with Crippen LogP contribution in [0.4, 0.5) is 13.2 Å². The topological polar surface area (TPSA) is 52.6 Å². The molecule has 1 fully saturated rings. The van der Waals surface area contributed by atoms with Gasteiger partial charge in [0.2, 0.25) is 0 Å². The third-order valence-electron chi connectivity index (χ3n) is 3.36. The molecule has 126 valence electrons. The van der Waals surface area contributed by atoms with Crippen molar-refractivity contribution in [3.63, 3.8) is 0 Å². The summed E-state index contributed by atoms with van der Waals surface area (Å²) in [6, 6.07) is 5.72. The molecule has 2 N–H and O–H groups in total. The molecule has 2 rings (SSSR count). The maximum absolute atomic E-state index is 13.3. The number of alkyl halides is 3. The van der Waals surface area contributed by atoms with Crippen LogP contribution in [0.25, 0.3) is 0 Å². The molecule has 1 aromatic rings. The predicted molar refractivity (Wildman–Crippen MR) is 79.3 cm³/mol. The van der Waals surface area contributed by atoms with Crippen molar-refractivity contribution in [1.29, 1.82) is 0 Å². The largest absolute Gasteiger partial charge is 0.438 e. The van der Waals surface area contributed by atoms with Crippen LogP contribution in [0, 0.1) is 5.92 Å². The number of hydrogen-bond donors (Lipinski definition) is 2. The first-order chi connectivity index (χ1) is 10.6. The first-order valence-corrected chi connectivity index (χ1v) is 7.29. The van der Waals surface area contributed by atoms with E-state index in [0.29, 0.717) is 0 Å². The summed E-state index contributed by atoms with van der Waals surface area (Å²) >= 11 is 5.87. The zero-order valence-electron chi connectivity index (χ0n) is 12.5. The molecule has 0 saturated carbocycles. The van der Waals surface area contributed by atoms with Crippen LogP contribution in [-0.2, 0) is 0 Å². The zero-order valence-corrected chi connectivity index (χ0v) is 13.2. The van der Waals surface area contributed by atoms with Gasteiger partial charge in [-0.25, -0.2) is 5.01 Å². The number of nitrogens with zero attached hydrogens (tertiary/aromatic N) is 1. The summed E-state index contributed by atoms with van der Waals surface area (Å²) in [7, 11) is 0. The lowest BCUT2D eigenvalue weighted by atomic mass is 10.1. The van der Waals surface area contributed by atoms with Gasteiger partial charge in [0.1, 0.15) is 0 Å². The minimum atomic E-state index is -5.02. The molecule has 23 heavy (non-hydrogen) atoms. The summed E-state index contributed by atoms with van der Waals surface area (Å²) in [4.78, 5) is 12.5. The van der Waals surface area contributed by atoms with Gasteiger partial charge in [-0.3, -0.25) is 10.2 Å². The number of carbonyl (C=O) groups is 1. The molecule has 1 atom stereocenters. The molecular weight excluding hydrogens is 333 g/mol. The van der Waals surface area contributed by atoms with Crippen LogP contribution in [0.1, 0.15) is 30.6 Å². The van der Waals surface area contributed by atoms with Gasteiger partial charge in [0.15, 0.2) is 0 Å². The average molecular weight is 349 g/mol. The van der Waals surface area contributed by atoms with Crippen molar-refractivity contribution < 1.29 is 23.1 Å². The molecule has 1 aliphatic rings. The molecule has 0 aromatic heterocycles. The van der Waals surface area contributed by atoms with Crippen LogP contribution in [-0.4, -0.2) is 27.9 Å². The molecule has 1 unspecified atom stereocenters. The second kappa shape index (κ2) is 6.05. The normalized spacial score (nSPS) is 23.5. The number of halogens is 4. The Morgan fingerprint density at radius 1 is 1.43 bits per heavy atom. The zero-order chi connectivity index (χ0) is 17.4. The fraction of sp³-hybridized carbons (Fsp3) is 0.400. The minimum absolute atomic E-state index is 0.00473. The highest BCUT2D eigenvalue weighted by atomic mass is 35.5. The summed E-state index contributed by atoms with van der Waals surface area (Å²) in [5.74, 6) is -1.10. The van der Waals surface area contributed by atoms with Gasteiger partial charge in [-0.05, 0) is 18.1 Å². The first-order valence-electron chi connectivity index (χ1n) is 6.92. The Morgan fingerprint density at radius 3 is 2.57 bits per heavy atom. The number of hydrogen-bond acceptors (Lipinski definition) is 3. The molecule has 1 heterocycles. The van der Waals surface area contributed by atoms with Crippen LogP contribution in [0.2, 0.25) is 5.02 Å². The summed E-state index contributed by atoms with van der Waals surface area (Å²) in [6.07, 6.45) is -4.26. The molecule has 1 aromatic carbocycles. The highest BCUT2D eigenvalue weighted by Crippen LogP contribution is 2.42. The Balaban J connectivity index is 2.45. The Labute approximate surface area is 136 Å². The highest BCUT2D eigenvalue weighted by molar-refractivity contribution is 6.33. The Bertz CT molecular complexity index is 646. The second-order valence-electron chi connectivity index (χ2n) is 5.66. The molecule has 0 spiro atoms. The predicted octanol–water partition coefficient (Wildman–Crippen LogP) is 3.48. The standard InChI is InChI=1S/C15H16ClF3N2O2/c1-9(2)7-10-8-14(23,15(17,18)19)21(20-10)13(22)11-5-3-4-6-12(11)16/h3-7,9,20,23H,8H2,1-2H3. The third kappa shape index (κ3) is 3.30. The van der Waals surface area contributed by atoms with Crippen LogP contribution in [0.3, 0.4) is 0 Å². The molecule has 0 bridgehead atoms. The van der Waals surface area contributed by atoms with E-state index < -0.39 is 24.2 Å². The Kier molecular flexibility index (Phi) is 4.64. The van der Waals surface area contributed by atoms with Gasteiger partial charge in [-0.15, -0.1) is 0 Å². The number of aliphatic hydroxyl groups is 1. The van der Waals surface area contributed by atoms with E-state index in [9.17, 15) is 23.1 Å². The van der Waals surface area contributed by atoms with Crippen LogP contribution in [0.5, 0.6) is 0 Å². The van der Waals surface area contributed by atoms with E-state index in [1.807, 2.05) is 0 Å². The van der Waals surface area contributed by atoms with E-state index in [1.54, 1.807) is 19.9 Å². The van der Waals surface area contributed by atoms with Crippen LogP contribution < -0.4 is 5.43 Å². The average Bonchev–Trinajstić information content (AvgIpc) is 2.75. The van der Waals surface area contributed by atoms with Crippen molar-refractivity contribution in [2.45, 2.75) is 32.2 Å². The lowest BCUT2D eigenvalue weighted by Crippen LogP contribution is -2.59. The summed E-state index contributed by atoms with van der Waals surface area (Å²) < 4.78 is 40.0. The lowest BCUT2D eigenvalue weighted by molar-refractivity contribution is -0.299. The maximum Gasteiger partial charge on any atom is 0.438 e. The van der Waals surface area contributed by atoms with Crippen molar-refractivity contribution in [3.05, 3.63) is 46.6 Å². The molecule has 1 aliphatic heterocycles. The molecule has 1 amide bonds. The van der Waals surface area contributed by atoms with Crippen molar-refractivity contribution in [1.82, 2.24) is 10.4 Å². The summed E-state index contributed by atoms with van der Waals surface area (Å²) in [5.41, 5.74) is -0.973. The van der Waals surface area contributed by atoms with Gasteiger partial charge in [-0.2, -0.15) is 13.2 Å². The molecular formula is C15H16ClF3N2O2. The van der Waals surface area contributed by atoms with E-state index in [2.05, 4.69) is 5.43 Å². The molecule has 4 nitrogen and oxygen atoms in total. The van der Waals surface area contributed by atoms with E-state index in [0.717, 1.165) is 0 Å². The van der Waals surface area contributed by atoms with Gasteiger partial charge in [-0.1, -0.05) is 43.7 Å². The van der Waals surface area contributed by atoms with Gasteiger partial charge < -0.3 is 5.11 Å². The molecule has 8 heteroatoms. The maximum atomic E-state index is 13.3. The summed E-state index contributed by atoms with van der Waals surface area (Å²) in [5, 5.41) is 10.3. The number of rotatable bonds is 2. The fourth-order valence-corrected chi connectivity index (χ4v) is 2.54. The number of hydrazine groups is 1. The quantitative estimate of drug-likeness (QED) is 0.860. The third-order valence-corrected chi connectivity index (χ3v) is 3.69. The van der Waals surface area contributed by atoms with Gasteiger partial charge >= 0.3 is 6.18 Å². The van der Waals surface area contributed by atoms with Crippen molar-refractivity contribution >= 4 is 17.5 Å². The lowest BCUT2D eigenvalue weighted by Gasteiger charge is -2.33. The number of allylic oxidation sites excluding steroid dienone is 1. The second-order valence-corrected chi connectivity index (χ2v) is 6.07. The highest BCUT2D eigenvalue weighted by Gasteiger charge is 2.63. The fourth-order valence-electron chi connectivity index (χ4n) is 2.32. The SMILES string of the molecule is CC(C)C=C1CC(O)(C(F)(F)F)N(C(=O)c2ccccc2Cl)N1. The van der Waals surface area contributed by atoms with Gasteiger partial charge in [0.25, 0.3) is 11.6 Å². The van der Waals surface area contributed by atoms with Crippen LogP contribution in [0.15, 0.2) is 36.0 Å².